The van der Waals surface area contributed by atoms with Gasteiger partial charge in [0.1, 0.15) is 5.41 Å². The monoisotopic (exact) mass is 510 g/mol. The van der Waals surface area contributed by atoms with Crippen LogP contribution in [0.15, 0.2) is 48.0 Å². The predicted octanol–water partition coefficient (Wildman–Crippen LogP) is 8.71. The SMILES string of the molecule is CC.CC(C)OC(=O)Nc1ccc(-c2cc(-c3ccnc(C4(C(F)(F)F)CC4)c3)cs2)c(Cl)c1. The molecule has 1 fully saturated rings. The van der Waals surface area contributed by atoms with Gasteiger partial charge in [0.05, 0.1) is 16.8 Å². The van der Waals surface area contributed by atoms with Gasteiger partial charge in [-0.3, -0.25) is 10.3 Å². The second-order valence-electron chi connectivity index (χ2n) is 7.98. The molecule has 0 radical (unpaired) electrons. The summed E-state index contributed by atoms with van der Waals surface area (Å²) in [7, 11) is 0. The van der Waals surface area contributed by atoms with Gasteiger partial charge in [-0.25, -0.2) is 4.79 Å². The molecule has 4 nitrogen and oxygen atoms in total. The topological polar surface area (TPSA) is 51.2 Å². The largest absolute Gasteiger partial charge is 0.447 e. The van der Waals surface area contributed by atoms with Crippen molar-refractivity contribution < 1.29 is 22.7 Å². The van der Waals surface area contributed by atoms with Gasteiger partial charge in [-0.15, -0.1) is 11.3 Å². The average Bonchev–Trinajstić information content (AvgIpc) is 3.47. The van der Waals surface area contributed by atoms with E-state index in [1.165, 1.54) is 23.6 Å². The van der Waals surface area contributed by atoms with E-state index in [1.807, 2.05) is 25.3 Å². The lowest BCUT2D eigenvalue weighted by molar-refractivity contribution is -0.161. The average molecular weight is 511 g/mol. The minimum absolute atomic E-state index is 0.0667. The number of aromatic nitrogens is 1. The van der Waals surface area contributed by atoms with Gasteiger partial charge in [-0.05, 0) is 79.6 Å². The quantitative estimate of drug-likeness (QED) is 0.373. The summed E-state index contributed by atoms with van der Waals surface area (Å²) < 4.78 is 45.5. The maximum absolute atomic E-state index is 13.5. The fraction of sp³-hybridized carbons (Fsp3) is 0.360. The Bertz CT molecular complexity index is 1160. The highest BCUT2D eigenvalue weighted by Crippen LogP contribution is 2.58. The summed E-state index contributed by atoms with van der Waals surface area (Å²) in [4.78, 5) is 16.6. The van der Waals surface area contributed by atoms with Crippen LogP contribution in [0.3, 0.4) is 0 Å². The zero-order valence-corrected chi connectivity index (χ0v) is 20.9. The Morgan fingerprint density at radius 2 is 1.85 bits per heavy atom. The van der Waals surface area contributed by atoms with Gasteiger partial charge in [-0.2, -0.15) is 13.2 Å². The number of halogens is 4. The Morgan fingerprint density at radius 1 is 1.15 bits per heavy atom. The summed E-state index contributed by atoms with van der Waals surface area (Å²) in [5.74, 6) is 0. The Morgan fingerprint density at radius 3 is 2.44 bits per heavy atom. The van der Waals surface area contributed by atoms with Crippen molar-refractivity contribution in [1.29, 1.82) is 0 Å². The lowest BCUT2D eigenvalue weighted by atomic mass is 9.98. The first-order valence-electron chi connectivity index (χ1n) is 11.0. The van der Waals surface area contributed by atoms with Crippen LogP contribution in [0.25, 0.3) is 21.6 Å². The molecule has 0 atom stereocenters. The van der Waals surface area contributed by atoms with E-state index in [2.05, 4.69) is 10.3 Å². The molecule has 0 bridgehead atoms. The fourth-order valence-electron chi connectivity index (χ4n) is 3.46. The van der Waals surface area contributed by atoms with E-state index in [0.29, 0.717) is 16.3 Å². The molecular formula is C25H26ClF3N2O2S. The number of thiophene rings is 1. The van der Waals surface area contributed by atoms with Gasteiger partial charge in [0.15, 0.2) is 0 Å². The summed E-state index contributed by atoms with van der Waals surface area (Å²) in [6.45, 7) is 7.51. The number of carbonyl (C=O) groups excluding carboxylic acids is 1. The van der Waals surface area contributed by atoms with Gasteiger partial charge in [0.25, 0.3) is 0 Å². The fourth-order valence-corrected chi connectivity index (χ4v) is 4.76. The molecule has 2 heterocycles. The molecule has 0 saturated heterocycles. The molecule has 182 valence electrons. The highest BCUT2D eigenvalue weighted by atomic mass is 35.5. The molecule has 1 aliphatic carbocycles. The first-order chi connectivity index (χ1) is 16.1. The van der Waals surface area contributed by atoms with Crippen LogP contribution in [0.1, 0.15) is 46.2 Å². The number of nitrogens with one attached hydrogen (secondary N) is 1. The van der Waals surface area contributed by atoms with Crippen LogP contribution in [-0.2, 0) is 10.2 Å². The van der Waals surface area contributed by atoms with E-state index in [1.54, 1.807) is 38.1 Å². The Hall–Kier alpha value is -2.58. The van der Waals surface area contributed by atoms with Gasteiger partial charge in [0, 0.05) is 22.3 Å². The molecule has 0 aliphatic heterocycles. The summed E-state index contributed by atoms with van der Waals surface area (Å²) in [6.07, 6.45) is -3.54. The van der Waals surface area contributed by atoms with Crippen LogP contribution in [0.4, 0.5) is 23.7 Å². The standard InChI is InChI=1S/C23H20ClF3N2O2S.C2H6/c1-13(2)31-21(30)29-16-3-4-17(18(24)11-16)19-9-15(12-32-19)14-5-8-28-20(10-14)22(6-7-22)23(25,26)27;1-2/h3-5,8-13H,6-7H2,1-2H3,(H,29,30);1-2H3. The molecule has 1 aliphatic rings. The second kappa shape index (κ2) is 10.4. The third kappa shape index (κ3) is 5.55. The van der Waals surface area contributed by atoms with Crippen molar-refractivity contribution in [1.82, 2.24) is 4.98 Å². The third-order valence-electron chi connectivity index (χ3n) is 5.30. The smallest absolute Gasteiger partial charge is 0.411 e. The number of benzene rings is 1. The van der Waals surface area contributed by atoms with E-state index in [9.17, 15) is 18.0 Å². The summed E-state index contributed by atoms with van der Waals surface area (Å²) in [5.41, 5.74) is 0.988. The molecule has 4 rings (SSSR count). The van der Waals surface area contributed by atoms with Crippen molar-refractivity contribution >= 4 is 34.7 Å². The molecular weight excluding hydrogens is 485 g/mol. The molecule has 1 N–H and O–H groups in total. The Balaban J connectivity index is 0.00000158. The summed E-state index contributed by atoms with van der Waals surface area (Å²) in [6, 6.07) is 10.2. The first kappa shape index (κ1) is 26.0. The number of hydrogen-bond acceptors (Lipinski definition) is 4. The Kier molecular flexibility index (Phi) is 7.93. The number of nitrogens with zero attached hydrogens (tertiary/aromatic N) is 1. The minimum Gasteiger partial charge on any atom is -0.447 e. The summed E-state index contributed by atoms with van der Waals surface area (Å²) >= 11 is 7.87. The molecule has 0 spiro atoms. The van der Waals surface area contributed by atoms with Crippen LogP contribution < -0.4 is 5.32 Å². The van der Waals surface area contributed by atoms with Crippen molar-refractivity contribution in [2.24, 2.45) is 0 Å². The van der Waals surface area contributed by atoms with E-state index in [0.717, 1.165) is 16.0 Å². The molecule has 1 amide bonds. The number of alkyl halides is 3. The van der Waals surface area contributed by atoms with Crippen LogP contribution in [0.2, 0.25) is 5.02 Å². The second-order valence-corrected chi connectivity index (χ2v) is 9.30. The molecule has 2 aromatic heterocycles. The van der Waals surface area contributed by atoms with E-state index < -0.39 is 17.7 Å². The number of ether oxygens (including phenoxy) is 1. The van der Waals surface area contributed by atoms with Crippen LogP contribution in [0, 0.1) is 0 Å². The molecule has 1 aromatic carbocycles. The normalized spacial score (nSPS) is 14.3. The first-order valence-corrected chi connectivity index (χ1v) is 12.2. The van der Waals surface area contributed by atoms with Crippen LogP contribution in [0.5, 0.6) is 0 Å². The molecule has 3 aromatic rings. The van der Waals surface area contributed by atoms with Crippen molar-refractivity contribution in [3.05, 3.63) is 58.7 Å². The lowest BCUT2D eigenvalue weighted by Gasteiger charge is -2.18. The number of hydrogen-bond donors (Lipinski definition) is 1. The molecule has 9 heteroatoms. The molecule has 1 saturated carbocycles. The number of anilines is 1. The minimum atomic E-state index is -4.30. The summed E-state index contributed by atoms with van der Waals surface area (Å²) in [5, 5.41) is 4.94. The van der Waals surface area contributed by atoms with Gasteiger partial charge in [-0.1, -0.05) is 25.4 Å². The van der Waals surface area contributed by atoms with Crippen molar-refractivity contribution in [2.45, 2.75) is 58.2 Å². The third-order valence-corrected chi connectivity index (χ3v) is 6.58. The number of amides is 1. The van der Waals surface area contributed by atoms with Gasteiger partial charge in [0.2, 0.25) is 0 Å². The zero-order chi connectivity index (χ0) is 25.1. The zero-order valence-electron chi connectivity index (χ0n) is 19.3. The number of rotatable bonds is 5. The highest BCUT2D eigenvalue weighted by Gasteiger charge is 2.65. The van der Waals surface area contributed by atoms with E-state index in [4.69, 9.17) is 16.3 Å². The van der Waals surface area contributed by atoms with E-state index in [-0.39, 0.29) is 24.6 Å². The maximum atomic E-state index is 13.5. The number of pyridine rings is 1. The lowest BCUT2D eigenvalue weighted by Crippen LogP contribution is -2.29. The predicted molar refractivity (Wildman–Crippen MR) is 132 cm³/mol. The molecule has 34 heavy (non-hydrogen) atoms. The molecule has 0 unspecified atom stereocenters. The number of carbonyl (C=O) groups is 1. The van der Waals surface area contributed by atoms with Crippen molar-refractivity contribution in [3.63, 3.8) is 0 Å². The maximum Gasteiger partial charge on any atom is 0.411 e. The van der Waals surface area contributed by atoms with Crippen LogP contribution >= 0.6 is 22.9 Å². The van der Waals surface area contributed by atoms with Gasteiger partial charge >= 0.3 is 12.3 Å². The van der Waals surface area contributed by atoms with Crippen molar-refractivity contribution in [2.75, 3.05) is 5.32 Å². The van der Waals surface area contributed by atoms with Crippen molar-refractivity contribution in [3.8, 4) is 21.6 Å². The van der Waals surface area contributed by atoms with E-state index >= 15 is 0 Å². The Labute approximate surface area is 206 Å². The van der Waals surface area contributed by atoms with Crippen LogP contribution in [-0.4, -0.2) is 23.4 Å². The highest BCUT2D eigenvalue weighted by molar-refractivity contribution is 7.14. The van der Waals surface area contributed by atoms with Gasteiger partial charge < -0.3 is 4.74 Å².